The number of rotatable bonds is 4. The van der Waals surface area contributed by atoms with Crippen molar-refractivity contribution < 1.29 is 9.53 Å². The van der Waals surface area contributed by atoms with Crippen LogP contribution in [0.3, 0.4) is 0 Å². The molecule has 0 saturated carbocycles. The van der Waals surface area contributed by atoms with Crippen LogP contribution in [0.4, 0.5) is 5.69 Å². The molecule has 0 bridgehead atoms. The number of halogens is 1. The molecule has 7 nitrogen and oxygen atoms in total. The maximum Gasteiger partial charge on any atom is 0.327 e. The highest BCUT2D eigenvalue weighted by molar-refractivity contribution is 9.10. The third-order valence-electron chi connectivity index (χ3n) is 3.15. The Kier molecular flexibility index (Phi) is 5.13. The Morgan fingerprint density at radius 1 is 1.70 bits per heavy atom. The summed E-state index contributed by atoms with van der Waals surface area (Å²) in [6.45, 7) is 1.69. The summed E-state index contributed by atoms with van der Waals surface area (Å²) in [6.07, 6.45) is 3.69. The maximum absolute atomic E-state index is 12.1. The summed E-state index contributed by atoms with van der Waals surface area (Å²) in [7, 11) is 1.27. The van der Waals surface area contributed by atoms with Crippen LogP contribution in [0.25, 0.3) is 0 Å². The molecule has 2 rings (SSSR count). The van der Waals surface area contributed by atoms with Crippen molar-refractivity contribution in [3.05, 3.63) is 21.0 Å². The monoisotopic (exact) mass is 344 g/mol. The average Bonchev–Trinajstić information content (AvgIpc) is 2.48. The van der Waals surface area contributed by atoms with Crippen LogP contribution in [0.15, 0.2) is 15.5 Å². The molecule has 1 aromatic rings. The number of piperidine rings is 1. The van der Waals surface area contributed by atoms with E-state index in [-0.39, 0.29) is 18.1 Å². The van der Waals surface area contributed by atoms with Gasteiger partial charge in [-0.2, -0.15) is 5.10 Å². The summed E-state index contributed by atoms with van der Waals surface area (Å²) in [5.74, 6) is -0.510. The van der Waals surface area contributed by atoms with Gasteiger partial charge in [0.05, 0.1) is 19.0 Å². The number of anilines is 1. The first-order valence-corrected chi connectivity index (χ1v) is 7.21. The minimum absolute atomic E-state index is 0.195. The summed E-state index contributed by atoms with van der Waals surface area (Å²) >= 11 is 3.26. The zero-order chi connectivity index (χ0) is 14.5. The van der Waals surface area contributed by atoms with Crippen molar-refractivity contribution >= 4 is 27.6 Å². The van der Waals surface area contributed by atoms with E-state index in [1.165, 1.54) is 7.11 Å². The summed E-state index contributed by atoms with van der Waals surface area (Å²) in [5.41, 5.74) is 0.286. The summed E-state index contributed by atoms with van der Waals surface area (Å²) in [6, 6.07) is 0.276. The van der Waals surface area contributed by atoms with Crippen LogP contribution in [-0.2, 0) is 16.1 Å². The topological polar surface area (TPSA) is 85.2 Å². The van der Waals surface area contributed by atoms with Gasteiger partial charge < -0.3 is 15.4 Å². The van der Waals surface area contributed by atoms with Crippen molar-refractivity contribution in [1.29, 1.82) is 0 Å². The van der Waals surface area contributed by atoms with Crippen molar-refractivity contribution in [3.8, 4) is 0 Å². The Bertz CT molecular complexity index is 540. The van der Waals surface area contributed by atoms with Crippen LogP contribution in [0.5, 0.6) is 0 Å². The van der Waals surface area contributed by atoms with Gasteiger partial charge in [-0.05, 0) is 35.3 Å². The number of methoxy groups -OCH3 is 1. The smallest absolute Gasteiger partial charge is 0.327 e. The van der Waals surface area contributed by atoms with Crippen molar-refractivity contribution in [1.82, 2.24) is 15.1 Å². The highest BCUT2D eigenvalue weighted by Gasteiger charge is 2.16. The fourth-order valence-corrected chi connectivity index (χ4v) is 2.48. The Morgan fingerprint density at radius 3 is 3.15 bits per heavy atom. The standard InChI is InChI=1S/C12H17BrN4O3/c1-20-10(18)7-17-12(19)11(13)9(6-15-17)16-8-3-2-4-14-5-8/h6,8,14,16H,2-5,7H2,1H3. The van der Waals surface area contributed by atoms with Gasteiger partial charge >= 0.3 is 5.97 Å². The summed E-state index contributed by atoms with van der Waals surface area (Å²) < 4.78 is 5.97. The molecule has 2 N–H and O–H groups in total. The van der Waals surface area contributed by atoms with E-state index in [9.17, 15) is 9.59 Å². The number of carbonyl (C=O) groups excluding carboxylic acids is 1. The van der Waals surface area contributed by atoms with E-state index >= 15 is 0 Å². The van der Waals surface area contributed by atoms with Crippen LogP contribution in [0, 0.1) is 0 Å². The van der Waals surface area contributed by atoms with Crippen LogP contribution in [0.2, 0.25) is 0 Å². The number of esters is 1. The number of nitrogens with zero attached hydrogens (tertiary/aromatic N) is 2. The molecule has 1 unspecified atom stereocenters. The Balaban J connectivity index is 2.13. The number of nitrogens with one attached hydrogen (secondary N) is 2. The maximum atomic E-state index is 12.1. The molecule has 0 spiro atoms. The van der Waals surface area contributed by atoms with E-state index < -0.39 is 5.97 Å². The largest absolute Gasteiger partial charge is 0.468 e. The number of ether oxygens (including phenoxy) is 1. The molecule has 0 radical (unpaired) electrons. The van der Waals surface area contributed by atoms with E-state index in [2.05, 4.69) is 36.4 Å². The minimum atomic E-state index is -0.510. The molecule has 0 amide bonds. The van der Waals surface area contributed by atoms with Gasteiger partial charge in [0, 0.05) is 12.6 Å². The average molecular weight is 345 g/mol. The van der Waals surface area contributed by atoms with Crippen LogP contribution in [-0.4, -0.2) is 42.0 Å². The minimum Gasteiger partial charge on any atom is -0.468 e. The van der Waals surface area contributed by atoms with E-state index in [1.54, 1.807) is 6.20 Å². The second-order valence-corrected chi connectivity index (χ2v) is 5.39. The Labute approximate surface area is 124 Å². The van der Waals surface area contributed by atoms with Crippen molar-refractivity contribution in [2.45, 2.75) is 25.4 Å². The lowest BCUT2D eigenvalue weighted by molar-refractivity contribution is -0.141. The SMILES string of the molecule is COC(=O)Cn1ncc(NC2CCCNC2)c(Br)c1=O. The van der Waals surface area contributed by atoms with E-state index in [0.717, 1.165) is 30.6 Å². The van der Waals surface area contributed by atoms with E-state index in [1.807, 2.05) is 0 Å². The highest BCUT2D eigenvalue weighted by Crippen LogP contribution is 2.19. The van der Waals surface area contributed by atoms with E-state index in [0.29, 0.717) is 10.2 Å². The van der Waals surface area contributed by atoms with E-state index in [4.69, 9.17) is 0 Å². The number of hydrogen-bond donors (Lipinski definition) is 2. The first-order valence-electron chi connectivity index (χ1n) is 6.41. The molecule has 20 heavy (non-hydrogen) atoms. The number of carbonyl (C=O) groups is 1. The molecule has 2 heterocycles. The third-order valence-corrected chi connectivity index (χ3v) is 3.91. The molecule has 1 atom stereocenters. The van der Waals surface area contributed by atoms with Gasteiger partial charge in [-0.3, -0.25) is 9.59 Å². The van der Waals surface area contributed by atoms with Gasteiger partial charge in [0.15, 0.2) is 0 Å². The molecule has 8 heteroatoms. The zero-order valence-electron chi connectivity index (χ0n) is 11.2. The third kappa shape index (κ3) is 3.57. The lowest BCUT2D eigenvalue weighted by Crippen LogP contribution is -2.39. The van der Waals surface area contributed by atoms with Crippen molar-refractivity contribution in [3.63, 3.8) is 0 Å². The molecule has 0 aromatic carbocycles. The van der Waals surface area contributed by atoms with Crippen molar-refractivity contribution in [2.75, 3.05) is 25.5 Å². The van der Waals surface area contributed by atoms with Gasteiger partial charge in [-0.15, -0.1) is 0 Å². The molecule has 1 fully saturated rings. The predicted molar refractivity (Wildman–Crippen MR) is 77.7 cm³/mol. The fraction of sp³-hybridized carbons (Fsp3) is 0.583. The highest BCUT2D eigenvalue weighted by atomic mass is 79.9. The lowest BCUT2D eigenvalue weighted by atomic mass is 10.1. The second kappa shape index (κ2) is 6.85. The number of aromatic nitrogens is 2. The van der Waals surface area contributed by atoms with Crippen LogP contribution in [0.1, 0.15) is 12.8 Å². The zero-order valence-corrected chi connectivity index (χ0v) is 12.8. The van der Waals surface area contributed by atoms with Crippen molar-refractivity contribution in [2.24, 2.45) is 0 Å². The van der Waals surface area contributed by atoms with Gasteiger partial charge in [-0.1, -0.05) is 0 Å². The Morgan fingerprint density at radius 2 is 2.50 bits per heavy atom. The van der Waals surface area contributed by atoms with Gasteiger partial charge in [0.1, 0.15) is 11.0 Å². The molecular weight excluding hydrogens is 328 g/mol. The predicted octanol–water partition coefficient (Wildman–Crippen LogP) is 0.343. The Hall–Kier alpha value is -1.41. The first-order chi connectivity index (χ1) is 9.61. The first kappa shape index (κ1) is 15.0. The van der Waals surface area contributed by atoms with Gasteiger partial charge in [0.2, 0.25) is 0 Å². The normalized spacial score (nSPS) is 18.6. The van der Waals surface area contributed by atoms with Crippen LogP contribution < -0.4 is 16.2 Å². The second-order valence-electron chi connectivity index (χ2n) is 4.60. The fourth-order valence-electron chi connectivity index (χ4n) is 2.06. The lowest BCUT2D eigenvalue weighted by Gasteiger charge is -2.25. The molecule has 1 aliphatic rings. The molecule has 110 valence electrons. The van der Waals surface area contributed by atoms with Crippen LogP contribution >= 0.6 is 15.9 Å². The number of hydrogen-bond acceptors (Lipinski definition) is 6. The molecule has 1 aromatic heterocycles. The van der Waals surface area contributed by atoms with Gasteiger partial charge in [-0.25, -0.2) is 4.68 Å². The quantitative estimate of drug-likeness (QED) is 0.766. The molecular formula is C12H17BrN4O3. The summed E-state index contributed by atoms with van der Waals surface area (Å²) in [5, 5.41) is 10.6. The molecule has 0 aliphatic carbocycles. The molecule has 1 aliphatic heterocycles. The summed E-state index contributed by atoms with van der Waals surface area (Å²) in [4.78, 5) is 23.3. The molecule has 1 saturated heterocycles. The van der Waals surface area contributed by atoms with Gasteiger partial charge in [0.25, 0.3) is 5.56 Å².